The van der Waals surface area contributed by atoms with E-state index in [0.717, 1.165) is 25.5 Å². The van der Waals surface area contributed by atoms with E-state index in [-0.39, 0.29) is 17.4 Å². The van der Waals surface area contributed by atoms with Crippen LogP contribution in [0.15, 0.2) is 12.1 Å². The van der Waals surface area contributed by atoms with Gasteiger partial charge in [0.2, 0.25) is 0 Å². The minimum absolute atomic E-state index is 0.0668. The normalized spacial score (nSPS) is 19.1. The summed E-state index contributed by atoms with van der Waals surface area (Å²) in [5, 5.41) is 0. The maximum Gasteiger partial charge on any atom is 0.250 e. The van der Waals surface area contributed by atoms with Crippen LogP contribution in [0.2, 0.25) is 0 Å². The second-order valence-corrected chi connectivity index (χ2v) is 4.92. The monoisotopic (exact) mass is 281 g/mol. The lowest BCUT2D eigenvalue weighted by Crippen LogP contribution is -2.40. The second kappa shape index (κ2) is 6.09. The molecule has 1 heterocycles. The summed E-state index contributed by atoms with van der Waals surface area (Å²) in [6.07, 6.45) is 1.96. The van der Waals surface area contributed by atoms with Gasteiger partial charge >= 0.3 is 0 Å². The number of ether oxygens (including phenoxy) is 1. The Morgan fingerprint density at radius 3 is 2.95 bits per heavy atom. The van der Waals surface area contributed by atoms with E-state index in [1.165, 1.54) is 6.07 Å². The maximum atomic E-state index is 14.1. The summed E-state index contributed by atoms with van der Waals surface area (Å²) in [6, 6.07) is 2.58. The Morgan fingerprint density at radius 2 is 2.30 bits per heavy atom. The van der Waals surface area contributed by atoms with Gasteiger partial charge in [-0.2, -0.15) is 0 Å². The van der Waals surface area contributed by atoms with Crippen LogP contribution in [0.4, 0.5) is 15.8 Å². The molecule has 5 nitrogen and oxygen atoms in total. The first-order chi connectivity index (χ1) is 9.52. The molecular weight excluding hydrogens is 261 g/mol. The van der Waals surface area contributed by atoms with Crippen LogP contribution in [0.5, 0.6) is 0 Å². The molecule has 1 aromatic carbocycles. The van der Waals surface area contributed by atoms with Crippen molar-refractivity contribution >= 4 is 17.3 Å². The Morgan fingerprint density at radius 1 is 1.55 bits per heavy atom. The van der Waals surface area contributed by atoms with E-state index in [0.29, 0.717) is 18.8 Å². The van der Waals surface area contributed by atoms with Crippen molar-refractivity contribution in [2.24, 2.45) is 5.73 Å². The van der Waals surface area contributed by atoms with Crippen LogP contribution in [0.1, 0.15) is 30.1 Å². The molecule has 1 aliphatic heterocycles. The molecule has 1 aliphatic rings. The zero-order valence-electron chi connectivity index (χ0n) is 11.6. The van der Waals surface area contributed by atoms with E-state index in [4.69, 9.17) is 16.2 Å². The Kier molecular flexibility index (Phi) is 4.44. The van der Waals surface area contributed by atoms with Crippen molar-refractivity contribution in [3.63, 3.8) is 0 Å². The van der Waals surface area contributed by atoms with E-state index in [1.54, 1.807) is 0 Å². The molecule has 20 heavy (non-hydrogen) atoms. The molecule has 1 saturated heterocycles. The number of primary amides is 1. The van der Waals surface area contributed by atoms with Crippen molar-refractivity contribution in [1.29, 1.82) is 0 Å². The molecule has 1 fully saturated rings. The number of piperidine rings is 1. The average Bonchev–Trinajstić information content (AvgIpc) is 2.39. The maximum absolute atomic E-state index is 14.1. The third-order valence-corrected chi connectivity index (χ3v) is 3.51. The summed E-state index contributed by atoms with van der Waals surface area (Å²) in [7, 11) is 0. The Hall–Kier alpha value is -1.82. The quantitative estimate of drug-likeness (QED) is 0.820. The number of carbonyl (C=O) groups is 1. The summed E-state index contributed by atoms with van der Waals surface area (Å²) in [5.74, 6) is -1.09. The van der Waals surface area contributed by atoms with Crippen molar-refractivity contribution < 1.29 is 13.9 Å². The molecule has 1 atom stereocenters. The minimum Gasteiger partial charge on any atom is -0.398 e. The summed E-state index contributed by atoms with van der Waals surface area (Å²) in [5.41, 5.74) is 11.4. The molecule has 6 heteroatoms. The molecule has 0 aliphatic carbocycles. The van der Waals surface area contributed by atoms with E-state index in [1.807, 2.05) is 11.8 Å². The van der Waals surface area contributed by atoms with Gasteiger partial charge in [-0.15, -0.1) is 0 Å². The van der Waals surface area contributed by atoms with Crippen LogP contribution in [-0.4, -0.2) is 31.7 Å². The zero-order chi connectivity index (χ0) is 14.7. The highest BCUT2D eigenvalue weighted by atomic mass is 19.1. The predicted molar refractivity (Wildman–Crippen MR) is 76.2 cm³/mol. The molecule has 0 aromatic heterocycles. The van der Waals surface area contributed by atoms with E-state index in [9.17, 15) is 9.18 Å². The largest absolute Gasteiger partial charge is 0.398 e. The number of benzene rings is 1. The summed E-state index contributed by atoms with van der Waals surface area (Å²) in [4.78, 5) is 13.2. The van der Waals surface area contributed by atoms with Gasteiger partial charge in [0.05, 0.1) is 17.4 Å². The first-order valence-corrected chi connectivity index (χ1v) is 6.78. The number of amides is 1. The van der Waals surface area contributed by atoms with Gasteiger partial charge in [-0.25, -0.2) is 4.39 Å². The van der Waals surface area contributed by atoms with Gasteiger partial charge < -0.3 is 21.1 Å². The number of nitrogens with zero attached hydrogens (tertiary/aromatic N) is 1. The smallest absolute Gasteiger partial charge is 0.250 e. The second-order valence-electron chi connectivity index (χ2n) is 4.92. The SMILES string of the molecule is CCOC1CCCN(c2cc(C(N)=O)c(N)cc2F)C1. The number of halogens is 1. The van der Waals surface area contributed by atoms with E-state index >= 15 is 0 Å². The molecule has 0 radical (unpaired) electrons. The number of hydrogen-bond acceptors (Lipinski definition) is 4. The summed E-state index contributed by atoms with van der Waals surface area (Å²) < 4.78 is 19.7. The van der Waals surface area contributed by atoms with Crippen LogP contribution in [0, 0.1) is 5.82 Å². The number of nitrogen functional groups attached to an aromatic ring is 1. The number of carbonyl (C=O) groups excluding carboxylic acids is 1. The van der Waals surface area contributed by atoms with Crippen LogP contribution < -0.4 is 16.4 Å². The first-order valence-electron chi connectivity index (χ1n) is 6.78. The van der Waals surface area contributed by atoms with E-state index < -0.39 is 11.7 Å². The average molecular weight is 281 g/mol. The molecule has 4 N–H and O–H groups in total. The third kappa shape index (κ3) is 3.01. The first kappa shape index (κ1) is 14.6. The highest BCUT2D eigenvalue weighted by Gasteiger charge is 2.23. The molecule has 0 saturated carbocycles. The summed E-state index contributed by atoms with van der Waals surface area (Å²) >= 11 is 0. The minimum atomic E-state index is -0.651. The predicted octanol–water partition coefficient (Wildman–Crippen LogP) is 1.51. The number of hydrogen-bond donors (Lipinski definition) is 2. The van der Waals surface area contributed by atoms with Gasteiger partial charge in [-0.1, -0.05) is 0 Å². The van der Waals surface area contributed by atoms with Crippen LogP contribution in [-0.2, 0) is 4.74 Å². The van der Waals surface area contributed by atoms with Gasteiger partial charge in [-0.3, -0.25) is 4.79 Å². The lowest BCUT2D eigenvalue weighted by atomic mass is 10.1. The Balaban J connectivity index is 2.27. The highest BCUT2D eigenvalue weighted by molar-refractivity contribution is 5.99. The fourth-order valence-electron chi connectivity index (χ4n) is 2.56. The van der Waals surface area contributed by atoms with Crippen molar-refractivity contribution in [2.75, 3.05) is 30.3 Å². The molecule has 1 amide bonds. The summed E-state index contributed by atoms with van der Waals surface area (Å²) in [6.45, 7) is 3.90. The fourth-order valence-corrected chi connectivity index (χ4v) is 2.56. The zero-order valence-corrected chi connectivity index (χ0v) is 11.6. The lowest BCUT2D eigenvalue weighted by molar-refractivity contribution is 0.0525. The standard InChI is InChI=1S/C14H20FN3O2/c1-2-20-9-4-3-5-18(8-9)13-6-10(14(17)19)12(16)7-11(13)15/h6-7,9H,2-5,8,16H2,1H3,(H2,17,19). The number of rotatable bonds is 4. The number of anilines is 2. The number of nitrogens with two attached hydrogens (primary N) is 2. The van der Waals surface area contributed by atoms with Gasteiger partial charge in [0.15, 0.2) is 0 Å². The van der Waals surface area contributed by atoms with Gasteiger partial charge in [0, 0.05) is 25.4 Å². The molecular formula is C14H20FN3O2. The van der Waals surface area contributed by atoms with Crippen LogP contribution in [0.25, 0.3) is 0 Å². The van der Waals surface area contributed by atoms with Crippen LogP contribution >= 0.6 is 0 Å². The molecule has 1 unspecified atom stereocenters. The van der Waals surface area contributed by atoms with Gasteiger partial charge in [-0.05, 0) is 31.9 Å². The molecule has 2 rings (SSSR count). The fraction of sp³-hybridized carbons (Fsp3) is 0.500. The van der Waals surface area contributed by atoms with Gasteiger partial charge in [0.25, 0.3) is 5.91 Å². The van der Waals surface area contributed by atoms with Crippen molar-refractivity contribution in [1.82, 2.24) is 0 Å². The Labute approximate surface area is 117 Å². The molecule has 1 aromatic rings. The van der Waals surface area contributed by atoms with Crippen molar-refractivity contribution in [3.05, 3.63) is 23.5 Å². The third-order valence-electron chi connectivity index (χ3n) is 3.51. The molecule has 110 valence electrons. The highest BCUT2D eigenvalue weighted by Crippen LogP contribution is 2.28. The molecule has 0 bridgehead atoms. The Bertz CT molecular complexity index is 505. The topological polar surface area (TPSA) is 81.6 Å². The van der Waals surface area contributed by atoms with Crippen molar-refractivity contribution in [3.8, 4) is 0 Å². The van der Waals surface area contributed by atoms with Crippen LogP contribution in [0.3, 0.4) is 0 Å². The van der Waals surface area contributed by atoms with E-state index in [2.05, 4.69) is 0 Å². The van der Waals surface area contributed by atoms with Crippen molar-refractivity contribution in [2.45, 2.75) is 25.9 Å². The molecule has 0 spiro atoms. The lowest BCUT2D eigenvalue weighted by Gasteiger charge is -2.34. The van der Waals surface area contributed by atoms with Gasteiger partial charge in [0.1, 0.15) is 5.82 Å².